The maximum absolute atomic E-state index is 7.34. The van der Waals surface area contributed by atoms with Crippen LogP contribution in [0.15, 0.2) is 60.1 Å². The van der Waals surface area contributed by atoms with Crippen LogP contribution in [0, 0.1) is 11.3 Å². The number of aromatic nitrogens is 1. The summed E-state index contributed by atoms with van der Waals surface area (Å²) in [6.07, 6.45) is 5.13. The normalized spacial score (nSPS) is 11.9. The van der Waals surface area contributed by atoms with Crippen molar-refractivity contribution in [1.82, 2.24) is 4.98 Å². The van der Waals surface area contributed by atoms with Gasteiger partial charge >= 0.3 is 0 Å². The van der Waals surface area contributed by atoms with E-state index in [1.165, 1.54) is 22.9 Å². The van der Waals surface area contributed by atoms with Gasteiger partial charge in [0.15, 0.2) is 0 Å². The molecule has 0 aliphatic rings. The van der Waals surface area contributed by atoms with E-state index in [9.17, 15) is 0 Å². The van der Waals surface area contributed by atoms with E-state index in [-0.39, 0.29) is 5.92 Å². The summed E-state index contributed by atoms with van der Waals surface area (Å²) < 4.78 is 5.76. The van der Waals surface area contributed by atoms with Gasteiger partial charge in [0, 0.05) is 29.3 Å². The second kappa shape index (κ2) is 8.58. The van der Waals surface area contributed by atoms with Crippen molar-refractivity contribution >= 4 is 17.6 Å². The minimum Gasteiger partial charge on any atom is -0.493 e. The number of ether oxygens (including phenoxy) is 1. The molecule has 0 aliphatic heterocycles. The summed E-state index contributed by atoms with van der Waals surface area (Å²) in [5, 5.41) is 10.4. The minimum absolute atomic E-state index is 0.191. The number of nitrogens with one attached hydrogen (secondary N) is 1. The Kier molecular flexibility index (Phi) is 5.96. The lowest BCUT2D eigenvalue weighted by atomic mass is 10.0. The van der Waals surface area contributed by atoms with Crippen molar-refractivity contribution in [1.29, 1.82) is 5.41 Å². The molecule has 25 heavy (non-hydrogen) atoms. The Morgan fingerprint density at radius 3 is 2.32 bits per heavy atom. The minimum atomic E-state index is 0.191. The number of nitrogens with zero attached hydrogens (tertiary/aromatic N) is 1. The Morgan fingerprint density at radius 1 is 1.08 bits per heavy atom. The van der Waals surface area contributed by atoms with Crippen molar-refractivity contribution in [2.24, 2.45) is 5.92 Å². The van der Waals surface area contributed by atoms with Crippen LogP contribution in [0.25, 0.3) is 10.6 Å². The highest BCUT2D eigenvalue weighted by Gasteiger charge is 2.04. The number of hydrogen-bond donors (Lipinski definition) is 1. The molecule has 0 saturated heterocycles. The van der Waals surface area contributed by atoms with Crippen LogP contribution in [0.4, 0.5) is 0 Å². The van der Waals surface area contributed by atoms with E-state index in [2.05, 4.69) is 48.3 Å². The average Bonchev–Trinajstić information content (AvgIpc) is 3.19. The Bertz CT molecular complexity index is 780. The fourth-order valence-electron chi connectivity index (χ4n) is 2.56. The quantitative estimate of drug-likeness (QED) is 0.549. The summed E-state index contributed by atoms with van der Waals surface area (Å²) in [7, 11) is 0. The number of thiazole rings is 1. The summed E-state index contributed by atoms with van der Waals surface area (Å²) in [4.78, 5) is 4.34. The number of benzene rings is 2. The fourth-order valence-corrected chi connectivity index (χ4v) is 3.20. The third-order valence-electron chi connectivity index (χ3n) is 4.19. The molecule has 0 radical (unpaired) electrons. The fraction of sp³-hybridized carbons (Fsp3) is 0.238. The van der Waals surface area contributed by atoms with Crippen LogP contribution < -0.4 is 4.74 Å². The highest BCUT2D eigenvalue weighted by atomic mass is 32.1. The van der Waals surface area contributed by atoms with E-state index in [0.717, 1.165) is 23.6 Å². The molecule has 0 saturated carbocycles. The first-order valence-corrected chi connectivity index (χ1v) is 9.37. The Hall–Kier alpha value is -2.46. The monoisotopic (exact) mass is 350 g/mol. The molecule has 1 aromatic heterocycles. The van der Waals surface area contributed by atoms with Gasteiger partial charge in [0.1, 0.15) is 10.8 Å². The SMILES string of the molecule is CC[C@@H](C=N)COc1ccc(Cc2ccc(-c3nccs3)cc2)cc1. The van der Waals surface area contributed by atoms with Gasteiger partial charge in [-0.2, -0.15) is 0 Å². The van der Waals surface area contributed by atoms with Crippen LogP contribution in [0.2, 0.25) is 0 Å². The second-order valence-electron chi connectivity index (χ2n) is 6.00. The zero-order chi connectivity index (χ0) is 17.5. The van der Waals surface area contributed by atoms with Gasteiger partial charge in [-0.1, -0.05) is 43.3 Å². The van der Waals surface area contributed by atoms with Gasteiger partial charge < -0.3 is 10.1 Å². The number of rotatable bonds is 8. The molecule has 1 atom stereocenters. The molecule has 2 aromatic carbocycles. The van der Waals surface area contributed by atoms with Gasteiger partial charge in [-0.15, -0.1) is 11.3 Å². The maximum Gasteiger partial charge on any atom is 0.123 e. The first kappa shape index (κ1) is 17.4. The van der Waals surface area contributed by atoms with E-state index in [1.54, 1.807) is 11.3 Å². The third kappa shape index (κ3) is 4.77. The highest BCUT2D eigenvalue weighted by molar-refractivity contribution is 7.13. The second-order valence-corrected chi connectivity index (χ2v) is 6.90. The van der Waals surface area contributed by atoms with E-state index < -0.39 is 0 Å². The lowest BCUT2D eigenvalue weighted by Crippen LogP contribution is -2.11. The first-order valence-electron chi connectivity index (χ1n) is 8.49. The van der Waals surface area contributed by atoms with Crippen LogP contribution >= 0.6 is 11.3 Å². The van der Waals surface area contributed by atoms with E-state index in [0.29, 0.717) is 6.61 Å². The summed E-state index contributed by atoms with van der Waals surface area (Å²) in [6.45, 7) is 2.64. The highest BCUT2D eigenvalue weighted by Crippen LogP contribution is 2.23. The van der Waals surface area contributed by atoms with Crippen LogP contribution in [-0.2, 0) is 6.42 Å². The van der Waals surface area contributed by atoms with Gasteiger partial charge in [-0.05, 0) is 36.1 Å². The smallest absolute Gasteiger partial charge is 0.123 e. The standard InChI is InChI=1S/C21H22N2OS/c1-2-16(14-22)15-24-20-9-5-18(6-10-20)13-17-3-7-19(8-4-17)21-23-11-12-25-21/h3-12,14,16,22H,2,13,15H2,1H3/t16-/m0/s1. The zero-order valence-corrected chi connectivity index (χ0v) is 15.1. The van der Waals surface area contributed by atoms with E-state index >= 15 is 0 Å². The molecule has 128 valence electrons. The lowest BCUT2D eigenvalue weighted by Gasteiger charge is -2.11. The van der Waals surface area contributed by atoms with Crippen LogP contribution in [0.3, 0.4) is 0 Å². The van der Waals surface area contributed by atoms with Crippen LogP contribution in [0.5, 0.6) is 5.75 Å². The topological polar surface area (TPSA) is 46.0 Å². The van der Waals surface area contributed by atoms with Gasteiger partial charge in [0.2, 0.25) is 0 Å². The predicted octanol–water partition coefficient (Wildman–Crippen LogP) is 5.46. The summed E-state index contributed by atoms with van der Waals surface area (Å²) >= 11 is 1.66. The molecular weight excluding hydrogens is 328 g/mol. The molecule has 0 spiro atoms. The van der Waals surface area contributed by atoms with Crippen molar-refractivity contribution in [3.8, 4) is 16.3 Å². The molecule has 3 nitrogen and oxygen atoms in total. The van der Waals surface area contributed by atoms with Gasteiger partial charge in [0.05, 0.1) is 6.61 Å². The summed E-state index contributed by atoms with van der Waals surface area (Å²) in [6, 6.07) is 16.8. The third-order valence-corrected chi connectivity index (χ3v) is 5.01. The number of hydrogen-bond acceptors (Lipinski definition) is 4. The molecule has 0 amide bonds. The van der Waals surface area contributed by atoms with E-state index in [4.69, 9.17) is 10.1 Å². The molecule has 1 N–H and O–H groups in total. The van der Waals surface area contributed by atoms with Crippen molar-refractivity contribution in [3.05, 3.63) is 71.2 Å². The Labute approximate surface area is 152 Å². The largest absolute Gasteiger partial charge is 0.493 e. The molecule has 0 bridgehead atoms. The summed E-state index contributed by atoms with van der Waals surface area (Å²) in [5.41, 5.74) is 3.71. The van der Waals surface area contributed by atoms with E-state index in [1.807, 2.05) is 23.7 Å². The molecule has 0 unspecified atom stereocenters. The average molecular weight is 350 g/mol. The maximum atomic E-state index is 7.34. The van der Waals surface area contributed by atoms with Crippen LogP contribution in [0.1, 0.15) is 24.5 Å². The van der Waals surface area contributed by atoms with Crippen molar-refractivity contribution in [2.45, 2.75) is 19.8 Å². The van der Waals surface area contributed by atoms with Crippen molar-refractivity contribution in [3.63, 3.8) is 0 Å². The van der Waals surface area contributed by atoms with Crippen molar-refractivity contribution in [2.75, 3.05) is 6.61 Å². The molecular formula is C21H22N2OS. The van der Waals surface area contributed by atoms with Gasteiger partial charge in [0.25, 0.3) is 0 Å². The first-order chi connectivity index (χ1) is 12.3. The molecule has 0 aliphatic carbocycles. The van der Waals surface area contributed by atoms with Gasteiger partial charge in [-0.3, -0.25) is 0 Å². The molecule has 4 heteroatoms. The molecule has 3 rings (SSSR count). The molecule has 3 aromatic rings. The van der Waals surface area contributed by atoms with Gasteiger partial charge in [-0.25, -0.2) is 4.98 Å². The Morgan fingerprint density at radius 2 is 1.76 bits per heavy atom. The Balaban J connectivity index is 1.58. The summed E-state index contributed by atoms with van der Waals surface area (Å²) in [5.74, 6) is 1.05. The zero-order valence-electron chi connectivity index (χ0n) is 14.3. The predicted molar refractivity (Wildman–Crippen MR) is 105 cm³/mol. The van der Waals surface area contributed by atoms with Crippen molar-refractivity contribution < 1.29 is 4.74 Å². The molecule has 0 fully saturated rings. The lowest BCUT2D eigenvalue weighted by molar-refractivity contribution is 0.283. The van der Waals surface area contributed by atoms with Crippen LogP contribution in [-0.4, -0.2) is 17.8 Å². The molecule has 1 heterocycles.